The molecule has 75 heavy (non-hydrogen) atoms. The smallest absolute Gasteiger partial charge is 1.00 e. The Hall–Kier alpha value is -5.74. The minimum Gasteiger partial charge on any atom is -1.00 e. The Balaban J connectivity index is 0.000000179. The number of nitrogen functional groups attached to an aromatic ring is 2. The number of fused-ring (bicyclic) bond motifs is 2. The third-order valence-corrected chi connectivity index (χ3v) is 15.5. The van der Waals surface area contributed by atoms with E-state index in [2.05, 4.69) is 31.8 Å². The van der Waals surface area contributed by atoms with Crippen LogP contribution in [0.15, 0.2) is 121 Å². The second kappa shape index (κ2) is 26.8. The summed E-state index contributed by atoms with van der Waals surface area (Å²) in [5.41, 5.74) is 17.0. The van der Waals surface area contributed by atoms with Crippen molar-refractivity contribution in [3.8, 4) is 0 Å². The van der Waals surface area contributed by atoms with Gasteiger partial charge in [0.2, 0.25) is 0 Å². The van der Waals surface area contributed by atoms with Crippen molar-refractivity contribution in [1.82, 2.24) is 30.6 Å². The summed E-state index contributed by atoms with van der Waals surface area (Å²) in [5, 5.41) is 60.0. The summed E-state index contributed by atoms with van der Waals surface area (Å²) in [4.78, 5) is 37.1. The Kier molecular flexibility index (Phi) is 21.5. The summed E-state index contributed by atoms with van der Waals surface area (Å²) in [6, 6.07) is 41.6. The standard InChI is InChI=1S/C18H18N4O2S.C10H12O.C9H9N3O2S.C9H11NO.C6H5.C4H6O.BrH.Mg/c1-10-11(2)20-21-16-13(10)14(19)15(25-16)17(23)22-8-18(24,9-22)12-6-4-3-5-7-12;11-10(7-4-8-10)9-5-2-1-3-6-9;1-3-4(2)11-12-8-5(3)6(10)7(15-8)9(13)14;11-9(6-10-7-9)8-4-2-1-3-5-8;1-2-4-6-5-3-1;5-4-2-1-3-4;;/h3-7,24H,8-9,19H2,1-2H3;1-3,5-6,11H,4,7-8H2;10H2,1-2H3,(H,13,14);1-5,10-11H,6-7H2;1-5H;1-3H2;1H;/q;;;;-1;;;+2/p-1. The van der Waals surface area contributed by atoms with E-state index in [1.54, 1.807) is 4.90 Å². The third kappa shape index (κ3) is 14.4. The predicted octanol–water partition coefficient (Wildman–Crippen LogP) is 5.21. The molecule has 2 aliphatic carbocycles. The average molecular weight is 1130 g/mol. The van der Waals surface area contributed by atoms with Gasteiger partial charge in [0.1, 0.15) is 36.4 Å². The number of thiophene rings is 2. The molecule has 2 saturated heterocycles. The molecule has 4 aromatic heterocycles. The van der Waals surface area contributed by atoms with E-state index in [1.807, 2.05) is 149 Å². The molecule has 4 aliphatic rings. The number of halogens is 1. The van der Waals surface area contributed by atoms with Crippen LogP contribution in [0.2, 0.25) is 0 Å². The SMILES string of the molecule is Cc1nnc2sc(C(=O)N3CC(O)(c4ccccc4)C3)c(N)c2c1C.Cc1nnc2sc(C(=O)O)c(N)c2c1C.O=C1CCC1.OC1(c2ccccc2)CCC1.OC1(c2ccccc2)CNC1.[Br-].[Mg+2].[c-]1ccccc1. The molecular weight excluding hydrogens is 1070 g/mol. The molecule has 1 amide bonds. The van der Waals surface area contributed by atoms with Crippen LogP contribution in [0.4, 0.5) is 11.4 Å². The number of benzene rings is 4. The van der Waals surface area contributed by atoms with Gasteiger partial charge in [-0.15, -0.1) is 32.9 Å². The Morgan fingerprint density at radius 2 is 1.01 bits per heavy atom. The van der Waals surface area contributed by atoms with Crippen LogP contribution in [0.5, 0.6) is 0 Å². The number of carboxylic acids is 1. The zero-order valence-corrected chi connectivity index (χ0v) is 47.1. The van der Waals surface area contributed by atoms with Crippen molar-refractivity contribution in [2.45, 2.75) is 83.0 Å². The fraction of sp³-hybridized carbons (Fsp3) is 0.304. The Morgan fingerprint density at radius 3 is 1.35 bits per heavy atom. The zero-order chi connectivity index (χ0) is 52.3. The van der Waals surface area contributed by atoms with E-state index in [0.29, 0.717) is 44.5 Å². The predicted molar refractivity (Wildman–Crippen MR) is 293 cm³/mol. The summed E-state index contributed by atoms with van der Waals surface area (Å²) in [5.74, 6) is -0.754. The maximum atomic E-state index is 12.8. The number of nitrogens with zero attached hydrogens (tertiary/aromatic N) is 5. The maximum absolute atomic E-state index is 12.8. The van der Waals surface area contributed by atoms with Crippen molar-refractivity contribution < 1.29 is 51.8 Å². The van der Waals surface area contributed by atoms with Crippen LogP contribution in [0, 0.1) is 33.8 Å². The fourth-order valence-electron chi connectivity index (χ4n) is 8.13. The number of amides is 1. The van der Waals surface area contributed by atoms with Crippen LogP contribution >= 0.6 is 22.7 Å². The van der Waals surface area contributed by atoms with E-state index in [1.165, 1.54) is 11.3 Å². The first-order valence-corrected chi connectivity index (χ1v) is 25.6. The number of anilines is 2. The number of aliphatic hydroxyl groups is 3. The number of aromatic nitrogens is 4. The van der Waals surface area contributed by atoms with Gasteiger partial charge in [0.25, 0.3) is 5.91 Å². The summed E-state index contributed by atoms with van der Waals surface area (Å²) in [6.45, 7) is 9.35. The van der Waals surface area contributed by atoms with Crippen LogP contribution in [0.3, 0.4) is 0 Å². The number of hydrogen-bond acceptors (Lipinski definition) is 15. The number of Topliss-reactive ketones (excluding diaryl/α,β-unsaturated/α-hetero) is 1. The second-order valence-electron chi connectivity index (χ2n) is 18.5. The number of nitrogens with one attached hydrogen (secondary N) is 1. The molecule has 0 radical (unpaired) electrons. The Morgan fingerprint density at radius 1 is 0.613 bits per heavy atom. The number of hydrogen-bond donors (Lipinski definition) is 7. The van der Waals surface area contributed by atoms with Gasteiger partial charge in [-0.2, -0.15) is 46.6 Å². The molecule has 2 aliphatic heterocycles. The minimum absolute atomic E-state index is 0. The van der Waals surface area contributed by atoms with Gasteiger partial charge in [-0.25, -0.2) is 4.79 Å². The van der Waals surface area contributed by atoms with Crippen molar-refractivity contribution in [2.75, 3.05) is 37.6 Å². The zero-order valence-electron chi connectivity index (χ0n) is 42.4. The Labute approximate surface area is 471 Å². The van der Waals surface area contributed by atoms with Crippen molar-refractivity contribution in [2.24, 2.45) is 0 Å². The fourth-order valence-corrected chi connectivity index (χ4v) is 10.1. The van der Waals surface area contributed by atoms with Gasteiger partial charge in [0.05, 0.1) is 41.5 Å². The molecule has 15 nitrogen and oxygen atoms in total. The van der Waals surface area contributed by atoms with Gasteiger partial charge in [0.15, 0.2) is 0 Å². The second-order valence-corrected chi connectivity index (χ2v) is 20.5. The molecule has 9 N–H and O–H groups in total. The summed E-state index contributed by atoms with van der Waals surface area (Å²) in [7, 11) is 0. The topological polar surface area (TPSA) is 251 Å². The van der Waals surface area contributed by atoms with Crippen LogP contribution in [0.25, 0.3) is 20.4 Å². The number of carbonyl (C=O) groups excluding carboxylic acids is 2. The van der Waals surface area contributed by atoms with Gasteiger partial charge in [-0.1, -0.05) is 91.0 Å². The number of nitrogens with two attached hydrogens (primary N) is 2. The van der Waals surface area contributed by atoms with E-state index < -0.39 is 22.8 Å². The summed E-state index contributed by atoms with van der Waals surface area (Å²) < 4.78 is 0. The number of aryl methyl sites for hydroxylation is 4. The van der Waals surface area contributed by atoms with Crippen molar-refractivity contribution in [1.29, 1.82) is 0 Å². The molecule has 19 heteroatoms. The van der Waals surface area contributed by atoms with Gasteiger partial charge in [-0.3, -0.25) is 9.59 Å². The van der Waals surface area contributed by atoms with E-state index in [4.69, 9.17) is 16.6 Å². The summed E-state index contributed by atoms with van der Waals surface area (Å²) in [6.07, 6.45) is 5.85. The molecule has 8 aromatic rings. The van der Waals surface area contributed by atoms with E-state index in [-0.39, 0.29) is 69.6 Å². The third-order valence-electron chi connectivity index (χ3n) is 13.3. The quantitative estimate of drug-likeness (QED) is 0.0864. The maximum Gasteiger partial charge on any atom is 2.00 e. The van der Waals surface area contributed by atoms with Gasteiger partial charge in [-0.05, 0) is 81.2 Å². The van der Waals surface area contributed by atoms with E-state index in [9.17, 15) is 29.7 Å². The van der Waals surface area contributed by atoms with Crippen LogP contribution in [-0.4, -0.2) is 113 Å². The van der Waals surface area contributed by atoms with Crippen molar-refractivity contribution in [3.05, 3.63) is 176 Å². The molecule has 0 spiro atoms. The van der Waals surface area contributed by atoms with Gasteiger partial charge < -0.3 is 59.1 Å². The van der Waals surface area contributed by atoms with Gasteiger partial charge in [0, 0.05) is 36.7 Å². The number of likely N-dealkylation sites (tertiary alicyclic amines) is 1. The summed E-state index contributed by atoms with van der Waals surface area (Å²) >= 11 is 2.31. The number of aromatic carboxylic acids is 1. The number of β-amino-alcohol motifs (C(OH)–C–C–N with tert-alkyl or cyclic N) is 2. The first kappa shape index (κ1) is 60.1. The van der Waals surface area contributed by atoms with Crippen molar-refractivity contribution in [3.63, 3.8) is 0 Å². The number of carboxylic acid groups (broad SMARTS) is 1. The monoisotopic (exact) mass is 1120 g/mol. The molecule has 6 heterocycles. The normalized spacial score (nSPS) is 15.7. The molecule has 12 rings (SSSR count). The largest absolute Gasteiger partial charge is 2.00 e. The van der Waals surface area contributed by atoms with Gasteiger partial charge >= 0.3 is 29.0 Å². The molecule has 0 bridgehead atoms. The molecular formula is C56H61BrMgN8O7S2. The molecule has 0 unspecified atom stereocenters. The number of carbonyl (C=O) groups is 3. The van der Waals surface area contributed by atoms with Crippen LogP contribution in [0.1, 0.15) is 97.1 Å². The number of ketones is 1. The molecule has 388 valence electrons. The van der Waals surface area contributed by atoms with Crippen LogP contribution in [-0.2, 0) is 21.6 Å². The molecule has 4 aromatic carbocycles. The first-order valence-electron chi connectivity index (χ1n) is 24.0. The average Bonchev–Trinajstić information content (AvgIpc) is 3.91. The molecule has 0 atom stereocenters. The van der Waals surface area contributed by atoms with E-state index >= 15 is 0 Å². The van der Waals surface area contributed by atoms with Crippen LogP contribution < -0.4 is 33.8 Å². The molecule has 2 saturated carbocycles. The Bertz CT molecular complexity index is 3070. The number of rotatable bonds is 5. The minimum atomic E-state index is -1.02. The van der Waals surface area contributed by atoms with E-state index in [0.717, 1.165) is 94.5 Å². The first-order chi connectivity index (χ1) is 34.9. The molecule has 4 fully saturated rings. The van der Waals surface area contributed by atoms with Crippen molar-refractivity contribution >= 4 is 95.2 Å².